The molecule has 0 saturated heterocycles. The highest BCUT2D eigenvalue weighted by Crippen LogP contribution is 2.43. The van der Waals surface area contributed by atoms with Gasteiger partial charge in [-0.15, -0.1) is 0 Å². The van der Waals surface area contributed by atoms with Crippen LogP contribution in [0.4, 0.5) is 4.39 Å². The summed E-state index contributed by atoms with van der Waals surface area (Å²) in [6, 6.07) is 11.8. The van der Waals surface area contributed by atoms with E-state index >= 15 is 0 Å². The number of benzene rings is 2. The molecule has 0 fully saturated rings. The van der Waals surface area contributed by atoms with Crippen molar-refractivity contribution in [1.29, 1.82) is 0 Å². The predicted molar refractivity (Wildman–Crippen MR) is 112 cm³/mol. The molecule has 7 nitrogen and oxygen atoms in total. The molecule has 2 aromatic carbocycles. The number of carbonyl (C=O) groups is 1. The number of fused-ring (bicyclic) bond motifs is 1. The van der Waals surface area contributed by atoms with Crippen LogP contribution in [0.5, 0.6) is 0 Å². The third-order valence-corrected chi connectivity index (χ3v) is 5.24. The van der Waals surface area contributed by atoms with Gasteiger partial charge in [0.1, 0.15) is 12.1 Å². The normalized spacial score (nSPS) is 15.5. The summed E-state index contributed by atoms with van der Waals surface area (Å²) >= 11 is -1.04. The largest absolute Gasteiger partial charge is 0.612 e. The molecule has 0 aliphatic heterocycles. The SMILES string of the molecule is CC1=C(CC(=O)O)c2cc(F)ccc2/C1=C\c1ccc([S+](C)[O-])cc1.O=S(=O)(O)O. The quantitative estimate of drug-likeness (QED) is 0.473. The number of carboxylic acid groups (broad SMARTS) is 1. The second-order valence-electron chi connectivity index (χ2n) is 6.39. The summed E-state index contributed by atoms with van der Waals surface area (Å²) in [4.78, 5) is 11.9. The lowest BCUT2D eigenvalue weighted by molar-refractivity contribution is -0.135. The summed E-state index contributed by atoms with van der Waals surface area (Å²) in [5.74, 6) is -1.33. The third kappa shape index (κ3) is 6.51. The minimum Gasteiger partial charge on any atom is -0.612 e. The molecule has 0 saturated carbocycles. The molecular formula is C20H19FO7S2. The Kier molecular flexibility index (Phi) is 7.56. The van der Waals surface area contributed by atoms with E-state index in [1.54, 1.807) is 24.5 Å². The van der Waals surface area contributed by atoms with Crippen LogP contribution in [0, 0.1) is 5.82 Å². The van der Waals surface area contributed by atoms with Gasteiger partial charge in [-0.2, -0.15) is 8.42 Å². The summed E-state index contributed by atoms with van der Waals surface area (Å²) in [5.41, 5.74) is 4.74. The molecule has 160 valence electrons. The van der Waals surface area contributed by atoms with Crippen LogP contribution >= 0.6 is 0 Å². The van der Waals surface area contributed by atoms with E-state index < -0.39 is 27.5 Å². The fourth-order valence-corrected chi connectivity index (χ4v) is 3.57. The van der Waals surface area contributed by atoms with E-state index in [1.165, 1.54) is 12.1 Å². The van der Waals surface area contributed by atoms with Gasteiger partial charge in [-0.3, -0.25) is 13.9 Å². The Morgan fingerprint density at radius 1 is 1.13 bits per heavy atom. The summed E-state index contributed by atoms with van der Waals surface area (Å²) in [6.45, 7) is 1.86. The van der Waals surface area contributed by atoms with Gasteiger partial charge >= 0.3 is 16.4 Å². The van der Waals surface area contributed by atoms with Crippen LogP contribution in [0.1, 0.15) is 30.0 Å². The highest BCUT2D eigenvalue weighted by molar-refractivity contribution is 7.90. The first-order chi connectivity index (χ1) is 13.9. The van der Waals surface area contributed by atoms with Crippen LogP contribution in [0.3, 0.4) is 0 Å². The molecule has 0 amide bonds. The highest BCUT2D eigenvalue weighted by Gasteiger charge is 2.25. The zero-order valence-electron chi connectivity index (χ0n) is 16.0. The van der Waals surface area contributed by atoms with Crippen LogP contribution in [0.2, 0.25) is 0 Å². The first kappa shape index (κ1) is 23.8. The maximum Gasteiger partial charge on any atom is 0.394 e. The fourth-order valence-electron chi connectivity index (χ4n) is 3.05. The van der Waals surface area contributed by atoms with Crippen LogP contribution < -0.4 is 0 Å². The van der Waals surface area contributed by atoms with Crippen molar-refractivity contribution in [3.05, 3.63) is 70.5 Å². The van der Waals surface area contributed by atoms with Crippen LogP contribution in [-0.4, -0.2) is 39.4 Å². The fraction of sp³-hybridized carbons (Fsp3) is 0.150. The average molecular weight is 454 g/mol. The summed E-state index contributed by atoms with van der Waals surface area (Å²) in [6.07, 6.45) is 3.43. The van der Waals surface area contributed by atoms with Crippen molar-refractivity contribution in [1.82, 2.24) is 0 Å². The average Bonchev–Trinajstić information content (AvgIpc) is 2.85. The molecular weight excluding hydrogens is 435 g/mol. The molecule has 3 rings (SSSR count). The van der Waals surface area contributed by atoms with Crippen LogP contribution in [0.15, 0.2) is 52.9 Å². The predicted octanol–water partition coefficient (Wildman–Crippen LogP) is 3.71. The van der Waals surface area contributed by atoms with Gasteiger partial charge in [-0.25, -0.2) is 4.39 Å². The molecule has 2 aromatic rings. The number of aliphatic carboxylic acids is 1. The molecule has 1 aliphatic rings. The molecule has 10 heteroatoms. The lowest BCUT2D eigenvalue weighted by Gasteiger charge is -2.06. The number of allylic oxidation sites excluding steroid dienone is 2. The van der Waals surface area contributed by atoms with Crippen molar-refractivity contribution in [3.63, 3.8) is 0 Å². The summed E-state index contributed by atoms with van der Waals surface area (Å²) in [5, 5.41) is 9.17. The smallest absolute Gasteiger partial charge is 0.394 e. The maximum atomic E-state index is 13.7. The Balaban J connectivity index is 0.000000575. The van der Waals surface area contributed by atoms with E-state index in [9.17, 15) is 13.7 Å². The summed E-state index contributed by atoms with van der Waals surface area (Å²) in [7, 11) is -4.67. The van der Waals surface area contributed by atoms with Gasteiger partial charge in [-0.05, 0) is 94.0 Å². The second kappa shape index (κ2) is 9.54. The van der Waals surface area contributed by atoms with Crippen LogP contribution in [0.25, 0.3) is 17.2 Å². The van der Waals surface area contributed by atoms with E-state index in [4.69, 9.17) is 22.6 Å². The standard InChI is InChI=1S/C20H17FO3S.H2O4S/c1-12-17(9-13-3-6-15(7-4-13)25(2)24)16-8-5-14(21)10-19(16)18(12)11-20(22)23;1-5(2,3)4/h3-10H,11H2,1-2H3,(H,22,23);(H2,1,2,3,4)/b17-9-;. The summed E-state index contributed by atoms with van der Waals surface area (Å²) < 4.78 is 56.7. The van der Waals surface area contributed by atoms with Crippen molar-refractivity contribution in [2.75, 3.05) is 6.26 Å². The van der Waals surface area contributed by atoms with Gasteiger partial charge < -0.3 is 9.66 Å². The van der Waals surface area contributed by atoms with Crippen LogP contribution in [-0.2, 0) is 26.4 Å². The first-order valence-electron chi connectivity index (χ1n) is 8.44. The second-order valence-corrected chi connectivity index (χ2v) is 8.67. The monoisotopic (exact) mass is 454 g/mol. The Labute approximate surface area is 176 Å². The molecule has 0 aromatic heterocycles. The highest BCUT2D eigenvalue weighted by atomic mass is 32.3. The molecule has 1 atom stereocenters. The minimum atomic E-state index is -4.67. The number of hydrogen-bond donors (Lipinski definition) is 3. The van der Waals surface area contributed by atoms with Gasteiger partial charge in [-0.1, -0.05) is 6.07 Å². The minimum absolute atomic E-state index is 0.145. The first-order valence-corrected chi connectivity index (χ1v) is 11.4. The van der Waals surface area contributed by atoms with E-state index in [0.717, 1.165) is 27.2 Å². The Bertz CT molecular complexity index is 1110. The lowest BCUT2D eigenvalue weighted by Crippen LogP contribution is -1.97. The van der Waals surface area contributed by atoms with Crippen molar-refractivity contribution >= 4 is 44.8 Å². The van der Waals surface area contributed by atoms with Crippen molar-refractivity contribution in [2.45, 2.75) is 18.2 Å². The van der Waals surface area contributed by atoms with Crippen molar-refractivity contribution in [2.24, 2.45) is 0 Å². The topological polar surface area (TPSA) is 135 Å². The Morgan fingerprint density at radius 3 is 2.20 bits per heavy atom. The zero-order valence-corrected chi connectivity index (χ0v) is 17.6. The van der Waals surface area contributed by atoms with E-state index in [-0.39, 0.29) is 12.2 Å². The Morgan fingerprint density at radius 2 is 1.70 bits per heavy atom. The lowest BCUT2D eigenvalue weighted by atomic mass is 10.0. The molecule has 1 unspecified atom stereocenters. The van der Waals surface area contributed by atoms with Gasteiger partial charge in [0.05, 0.1) is 6.42 Å². The number of carboxylic acids is 1. The molecule has 30 heavy (non-hydrogen) atoms. The zero-order chi connectivity index (χ0) is 22.6. The molecule has 0 radical (unpaired) electrons. The number of rotatable bonds is 4. The molecule has 1 aliphatic carbocycles. The van der Waals surface area contributed by atoms with Crippen molar-refractivity contribution < 1.29 is 36.4 Å². The Hall–Kier alpha value is -2.50. The van der Waals surface area contributed by atoms with Crippen molar-refractivity contribution in [3.8, 4) is 0 Å². The maximum absolute atomic E-state index is 13.7. The molecule has 0 heterocycles. The van der Waals surface area contributed by atoms with Gasteiger partial charge in [0.2, 0.25) is 0 Å². The molecule has 3 N–H and O–H groups in total. The number of hydrogen-bond acceptors (Lipinski definition) is 4. The molecule has 0 spiro atoms. The number of halogens is 1. The molecule has 0 bridgehead atoms. The van der Waals surface area contributed by atoms with Gasteiger partial charge in [0, 0.05) is 0 Å². The van der Waals surface area contributed by atoms with Gasteiger partial charge in [0.15, 0.2) is 4.90 Å². The van der Waals surface area contributed by atoms with E-state index in [2.05, 4.69) is 0 Å². The van der Waals surface area contributed by atoms with E-state index in [0.29, 0.717) is 11.1 Å². The van der Waals surface area contributed by atoms with Gasteiger partial charge in [0.25, 0.3) is 0 Å². The third-order valence-electron chi connectivity index (χ3n) is 4.30. The van der Waals surface area contributed by atoms with E-state index in [1.807, 2.05) is 25.1 Å².